The number of piperidine rings is 1. The van der Waals surface area contributed by atoms with Gasteiger partial charge in [0.2, 0.25) is 5.91 Å². The van der Waals surface area contributed by atoms with Crippen LogP contribution in [0.1, 0.15) is 56.9 Å². The van der Waals surface area contributed by atoms with Gasteiger partial charge in [0.25, 0.3) is 0 Å². The van der Waals surface area contributed by atoms with E-state index in [1.807, 2.05) is 31.2 Å². The summed E-state index contributed by atoms with van der Waals surface area (Å²) in [5, 5.41) is 6.20. The molecule has 5 nitrogen and oxygen atoms in total. The number of nitrogens with zero attached hydrogens (tertiary/aromatic N) is 1. The molecule has 1 heterocycles. The van der Waals surface area contributed by atoms with Crippen molar-refractivity contribution in [1.29, 1.82) is 0 Å². The maximum absolute atomic E-state index is 12.7. The first-order chi connectivity index (χ1) is 12.6. The Morgan fingerprint density at radius 2 is 1.81 bits per heavy atom. The zero-order valence-corrected chi connectivity index (χ0v) is 15.8. The summed E-state index contributed by atoms with van der Waals surface area (Å²) in [4.78, 5) is 27.0. The van der Waals surface area contributed by atoms with Crippen molar-refractivity contribution < 1.29 is 9.59 Å². The molecule has 1 saturated heterocycles. The Kier molecular flexibility index (Phi) is 6.53. The number of carbonyl (C=O) groups is 2. The molecule has 1 aliphatic carbocycles. The highest BCUT2D eigenvalue weighted by molar-refractivity contribution is 5.90. The molecule has 1 saturated carbocycles. The second-order valence-electron chi connectivity index (χ2n) is 7.78. The van der Waals surface area contributed by atoms with Gasteiger partial charge in [-0.15, -0.1) is 0 Å². The first kappa shape index (κ1) is 18.7. The third-order valence-electron chi connectivity index (χ3n) is 5.55. The van der Waals surface area contributed by atoms with E-state index < -0.39 is 0 Å². The van der Waals surface area contributed by atoms with E-state index in [4.69, 9.17) is 0 Å². The predicted octanol–water partition coefficient (Wildman–Crippen LogP) is 4.08. The monoisotopic (exact) mass is 357 g/mol. The Hall–Kier alpha value is -2.04. The van der Waals surface area contributed by atoms with Crippen molar-refractivity contribution in [3.05, 3.63) is 29.8 Å². The van der Waals surface area contributed by atoms with E-state index in [0.29, 0.717) is 19.1 Å². The zero-order valence-electron chi connectivity index (χ0n) is 15.8. The summed E-state index contributed by atoms with van der Waals surface area (Å²) >= 11 is 0. The minimum atomic E-state index is -0.109. The van der Waals surface area contributed by atoms with Crippen molar-refractivity contribution in [2.75, 3.05) is 18.4 Å². The maximum atomic E-state index is 12.7. The first-order valence-corrected chi connectivity index (χ1v) is 10.0. The van der Waals surface area contributed by atoms with Gasteiger partial charge in [0.1, 0.15) is 0 Å². The van der Waals surface area contributed by atoms with Crippen molar-refractivity contribution >= 4 is 17.6 Å². The SMILES string of the molecule is Cc1cccc(NC(=O)N2CCCC(C(=O)NC3CCCCCC3)C2)c1. The number of carbonyl (C=O) groups excluding carboxylic acids is 2. The molecule has 2 aliphatic rings. The summed E-state index contributed by atoms with van der Waals surface area (Å²) in [5.74, 6) is 0.0419. The van der Waals surface area contributed by atoms with Gasteiger partial charge in [0.05, 0.1) is 5.92 Å². The van der Waals surface area contributed by atoms with Crippen LogP contribution in [-0.4, -0.2) is 36.0 Å². The number of hydrogen-bond donors (Lipinski definition) is 2. The van der Waals surface area contributed by atoms with Gasteiger partial charge < -0.3 is 15.5 Å². The molecule has 0 bridgehead atoms. The molecule has 26 heavy (non-hydrogen) atoms. The molecular formula is C21H31N3O2. The lowest BCUT2D eigenvalue weighted by atomic mass is 9.96. The third-order valence-corrected chi connectivity index (χ3v) is 5.55. The normalized spacial score (nSPS) is 21.7. The number of nitrogens with one attached hydrogen (secondary N) is 2. The van der Waals surface area contributed by atoms with Crippen molar-refractivity contribution in [3.63, 3.8) is 0 Å². The number of urea groups is 1. The lowest BCUT2D eigenvalue weighted by Crippen LogP contribution is -2.48. The Labute approximate surface area is 156 Å². The van der Waals surface area contributed by atoms with Gasteiger partial charge in [0, 0.05) is 24.8 Å². The summed E-state index contributed by atoms with van der Waals surface area (Å²) in [5.41, 5.74) is 1.92. The molecule has 1 unspecified atom stereocenters. The van der Waals surface area contributed by atoms with Crippen LogP contribution < -0.4 is 10.6 Å². The Balaban J connectivity index is 1.52. The van der Waals surface area contributed by atoms with Crippen molar-refractivity contribution in [3.8, 4) is 0 Å². The van der Waals surface area contributed by atoms with E-state index in [1.165, 1.54) is 25.7 Å². The highest BCUT2D eigenvalue weighted by atomic mass is 16.2. The molecule has 1 aromatic rings. The fraction of sp³-hybridized carbons (Fsp3) is 0.619. The van der Waals surface area contributed by atoms with Crippen LogP contribution in [0, 0.1) is 12.8 Å². The molecule has 3 amide bonds. The number of likely N-dealkylation sites (tertiary alicyclic amines) is 1. The lowest BCUT2D eigenvalue weighted by Gasteiger charge is -2.33. The molecule has 1 aliphatic heterocycles. The molecule has 0 spiro atoms. The van der Waals surface area contributed by atoms with E-state index in [-0.39, 0.29) is 17.9 Å². The summed E-state index contributed by atoms with van der Waals surface area (Å²) < 4.78 is 0. The van der Waals surface area contributed by atoms with Crippen LogP contribution in [0.3, 0.4) is 0 Å². The van der Waals surface area contributed by atoms with Crippen LogP contribution in [0.4, 0.5) is 10.5 Å². The average Bonchev–Trinajstić information content (AvgIpc) is 2.90. The summed E-state index contributed by atoms with van der Waals surface area (Å²) in [6.07, 6.45) is 8.91. The van der Waals surface area contributed by atoms with Crippen LogP contribution >= 0.6 is 0 Å². The van der Waals surface area contributed by atoms with E-state index in [0.717, 1.165) is 36.9 Å². The quantitative estimate of drug-likeness (QED) is 0.801. The smallest absolute Gasteiger partial charge is 0.321 e. The van der Waals surface area contributed by atoms with Crippen LogP contribution in [0.25, 0.3) is 0 Å². The third kappa shape index (κ3) is 5.23. The van der Waals surface area contributed by atoms with Crippen molar-refractivity contribution in [2.24, 2.45) is 5.92 Å². The van der Waals surface area contributed by atoms with Crippen LogP contribution in [-0.2, 0) is 4.79 Å². The van der Waals surface area contributed by atoms with Crippen LogP contribution in [0.2, 0.25) is 0 Å². The Morgan fingerprint density at radius 3 is 2.54 bits per heavy atom. The molecule has 0 aromatic heterocycles. The van der Waals surface area contributed by atoms with Gasteiger partial charge in [-0.3, -0.25) is 4.79 Å². The number of benzene rings is 1. The summed E-state index contributed by atoms with van der Waals surface area (Å²) in [6.45, 7) is 3.23. The minimum Gasteiger partial charge on any atom is -0.353 e. The standard InChI is InChI=1S/C21H31N3O2/c1-16-8-6-12-19(14-16)23-21(26)24-13-7-9-17(15-24)20(25)22-18-10-4-2-3-5-11-18/h6,8,12,14,17-18H,2-5,7,9-11,13,15H2,1H3,(H,22,25)(H,23,26). The number of hydrogen-bond acceptors (Lipinski definition) is 2. The number of amides is 3. The second-order valence-corrected chi connectivity index (χ2v) is 7.78. The maximum Gasteiger partial charge on any atom is 0.321 e. The fourth-order valence-corrected chi connectivity index (χ4v) is 4.04. The summed E-state index contributed by atoms with van der Waals surface area (Å²) in [7, 11) is 0. The van der Waals surface area contributed by atoms with Gasteiger partial charge in [-0.05, 0) is 50.3 Å². The van der Waals surface area contributed by atoms with E-state index in [2.05, 4.69) is 10.6 Å². The van der Waals surface area contributed by atoms with Gasteiger partial charge >= 0.3 is 6.03 Å². The largest absolute Gasteiger partial charge is 0.353 e. The minimum absolute atomic E-state index is 0.0877. The van der Waals surface area contributed by atoms with Crippen LogP contribution in [0.5, 0.6) is 0 Å². The molecule has 2 N–H and O–H groups in total. The second kappa shape index (κ2) is 9.06. The number of aryl methyl sites for hydroxylation is 1. The molecule has 0 radical (unpaired) electrons. The zero-order chi connectivity index (χ0) is 18.4. The molecular weight excluding hydrogens is 326 g/mol. The van der Waals surface area contributed by atoms with Gasteiger partial charge in [-0.25, -0.2) is 4.79 Å². The van der Waals surface area contributed by atoms with Crippen molar-refractivity contribution in [1.82, 2.24) is 10.2 Å². The lowest BCUT2D eigenvalue weighted by molar-refractivity contribution is -0.127. The molecule has 142 valence electrons. The van der Waals surface area contributed by atoms with E-state index in [9.17, 15) is 9.59 Å². The fourth-order valence-electron chi connectivity index (χ4n) is 4.04. The highest BCUT2D eigenvalue weighted by Crippen LogP contribution is 2.21. The van der Waals surface area contributed by atoms with E-state index >= 15 is 0 Å². The van der Waals surface area contributed by atoms with Gasteiger partial charge in [-0.2, -0.15) is 0 Å². The van der Waals surface area contributed by atoms with Gasteiger partial charge in [-0.1, -0.05) is 37.8 Å². The summed E-state index contributed by atoms with van der Waals surface area (Å²) in [6, 6.07) is 8.00. The van der Waals surface area contributed by atoms with Crippen LogP contribution in [0.15, 0.2) is 24.3 Å². The molecule has 3 rings (SSSR count). The first-order valence-electron chi connectivity index (χ1n) is 10.0. The van der Waals surface area contributed by atoms with Crippen molar-refractivity contribution in [2.45, 2.75) is 64.3 Å². The Morgan fingerprint density at radius 1 is 1.04 bits per heavy atom. The topological polar surface area (TPSA) is 61.4 Å². The average molecular weight is 357 g/mol. The van der Waals surface area contributed by atoms with Gasteiger partial charge in [0.15, 0.2) is 0 Å². The number of rotatable bonds is 3. The number of anilines is 1. The van der Waals surface area contributed by atoms with E-state index in [1.54, 1.807) is 4.90 Å². The molecule has 5 heteroatoms. The molecule has 1 aromatic carbocycles. The molecule has 2 fully saturated rings. The Bertz CT molecular complexity index is 623. The molecule has 1 atom stereocenters. The highest BCUT2D eigenvalue weighted by Gasteiger charge is 2.29. The predicted molar refractivity (Wildman–Crippen MR) is 104 cm³/mol.